The van der Waals surface area contributed by atoms with E-state index in [1.165, 1.54) is 0 Å². The summed E-state index contributed by atoms with van der Waals surface area (Å²) in [6.07, 6.45) is 5.86. The first-order valence-corrected chi connectivity index (χ1v) is 9.40. The number of nitrogens with zero attached hydrogens (tertiary/aromatic N) is 5. The first-order valence-electron chi connectivity index (χ1n) is 9.40. The number of pyridine rings is 1. The van der Waals surface area contributed by atoms with Crippen molar-refractivity contribution in [2.75, 3.05) is 0 Å². The summed E-state index contributed by atoms with van der Waals surface area (Å²) in [5, 5.41) is 9.66. The molecule has 0 radical (unpaired) electrons. The van der Waals surface area contributed by atoms with Crippen LogP contribution in [0, 0.1) is 0 Å². The minimum atomic E-state index is -0.461. The van der Waals surface area contributed by atoms with Crippen LogP contribution in [-0.2, 0) is 5.54 Å². The molecule has 0 spiro atoms. The zero-order valence-electron chi connectivity index (χ0n) is 16.3. The number of hydrogen-bond donors (Lipinski definition) is 1. The highest BCUT2D eigenvalue weighted by Crippen LogP contribution is 2.37. The molecule has 1 saturated carbocycles. The Balaban J connectivity index is 0.00000210. The van der Waals surface area contributed by atoms with Gasteiger partial charge in [-0.3, -0.25) is 0 Å². The second-order valence-electron chi connectivity index (χ2n) is 7.96. The maximum Gasteiger partial charge on any atom is 0.258 e. The van der Waals surface area contributed by atoms with Crippen molar-refractivity contribution in [3.8, 4) is 11.5 Å². The minimum Gasteiger partial charge on any atom is -0.334 e. The summed E-state index contributed by atoms with van der Waals surface area (Å²) in [4.78, 5) is 9.50. The molecule has 0 atom stereocenters. The van der Waals surface area contributed by atoms with E-state index in [4.69, 9.17) is 15.2 Å². The van der Waals surface area contributed by atoms with Crippen LogP contribution in [0.1, 0.15) is 76.9 Å². The Morgan fingerprint density at radius 3 is 2.48 bits per heavy atom. The van der Waals surface area contributed by atoms with E-state index in [0.717, 1.165) is 48.0 Å². The van der Waals surface area contributed by atoms with Crippen LogP contribution < -0.4 is 5.73 Å². The lowest BCUT2D eigenvalue weighted by Crippen LogP contribution is -2.34. The Morgan fingerprint density at radius 1 is 1.15 bits per heavy atom. The van der Waals surface area contributed by atoms with E-state index in [1.807, 2.05) is 16.9 Å². The Kier molecular flexibility index (Phi) is 5.27. The molecule has 7 nitrogen and oxygen atoms in total. The Morgan fingerprint density at radius 2 is 1.85 bits per heavy atom. The largest absolute Gasteiger partial charge is 0.334 e. The molecule has 27 heavy (non-hydrogen) atoms. The highest BCUT2D eigenvalue weighted by molar-refractivity contribution is 5.90. The van der Waals surface area contributed by atoms with E-state index in [2.05, 4.69) is 42.9 Å². The van der Waals surface area contributed by atoms with Gasteiger partial charge < -0.3 is 10.3 Å². The van der Waals surface area contributed by atoms with Gasteiger partial charge in [0, 0.05) is 11.7 Å². The molecular weight excluding hydrogens is 364 g/mol. The molecule has 0 bridgehead atoms. The monoisotopic (exact) mass is 390 g/mol. The van der Waals surface area contributed by atoms with Gasteiger partial charge in [0.05, 0.1) is 22.7 Å². The Hall–Kier alpha value is -1.99. The highest BCUT2D eigenvalue weighted by Gasteiger charge is 2.36. The lowest BCUT2D eigenvalue weighted by atomic mass is 9.98. The van der Waals surface area contributed by atoms with Gasteiger partial charge in [0.15, 0.2) is 11.5 Å². The van der Waals surface area contributed by atoms with E-state index < -0.39 is 5.54 Å². The maximum atomic E-state index is 6.49. The van der Waals surface area contributed by atoms with Gasteiger partial charge in [-0.25, -0.2) is 9.67 Å². The molecule has 3 aromatic heterocycles. The molecule has 0 aromatic carbocycles. The van der Waals surface area contributed by atoms with E-state index in [-0.39, 0.29) is 24.4 Å². The first-order chi connectivity index (χ1) is 12.4. The minimum absolute atomic E-state index is 0. The number of hydrogen-bond acceptors (Lipinski definition) is 6. The summed E-state index contributed by atoms with van der Waals surface area (Å²) < 4.78 is 7.57. The van der Waals surface area contributed by atoms with Gasteiger partial charge in [-0.05, 0) is 38.7 Å². The van der Waals surface area contributed by atoms with Crippen molar-refractivity contribution in [3.63, 3.8) is 0 Å². The number of fused-ring (bicyclic) bond motifs is 1. The average molecular weight is 391 g/mol. The summed E-state index contributed by atoms with van der Waals surface area (Å²) >= 11 is 0. The zero-order chi connectivity index (χ0) is 18.5. The van der Waals surface area contributed by atoms with Gasteiger partial charge in [-0.15, -0.1) is 12.4 Å². The molecule has 1 aliphatic carbocycles. The average Bonchev–Trinajstić information content (AvgIpc) is 3.32. The standard InChI is InChI=1S/C19H26N6O.ClH/c1-11(2)15-9-13(14-10-21-25(12(3)4)16(14)22-15)17-23-18(24-26-17)19(20)7-5-6-8-19;/h9-12H,5-8,20H2,1-4H3;1H. The van der Waals surface area contributed by atoms with Crippen LogP contribution in [0.2, 0.25) is 0 Å². The Labute approximate surface area is 165 Å². The molecule has 3 aromatic rings. The number of nitrogens with two attached hydrogens (primary N) is 1. The van der Waals surface area contributed by atoms with Crippen molar-refractivity contribution in [3.05, 3.63) is 23.8 Å². The third-order valence-electron chi connectivity index (χ3n) is 5.26. The van der Waals surface area contributed by atoms with Gasteiger partial charge in [0.1, 0.15) is 0 Å². The van der Waals surface area contributed by atoms with Crippen molar-refractivity contribution in [2.24, 2.45) is 5.73 Å². The first kappa shape index (κ1) is 19.8. The molecule has 0 saturated heterocycles. The summed E-state index contributed by atoms with van der Waals surface area (Å²) in [5.74, 6) is 1.39. The number of halogens is 1. The van der Waals surface area contributed by atoms with Crippen LogP contribution in [0.25, 0.3) is 22.5 Å². The van der Waals surface area contributed by atoms with Crippen molar-refractivity contribution in [1.82, 2.24) is 24.9 Å². The second kappa shape index (κ2) is 7.20. The third-order valence-corrected chi connectivity index (χ3v) is 5.26. The fourth-order valence-electron chi connectivity index (χ4n) is 3.65. The van der Waals surface area contributed by atoms with Crippen LogP contribution >= 0.6 is 12.4 Å². The van der Waals surface area contributed by atoms with Gasteiger partial charge in [0.2, 0.25) is 0 Å². The molecule has 146 valence electrons. The molecule has 1 fully saturated rings. The normalized spacial score (nSPS) is 16.4. The quantitative estimate of drug-likeness (QED) is 0.711. The molecule has 2 N–H and O–H groups in total. The molecule has 0 amide bonds. The molecule has 4 rings (SSSR count). The SMILES string of the molecule is CC(C)c1cc(-c2nc(C3(N)CCCC3)no2)c2cnn(C(C)C)c2n1.Cl. The van der Waals surface area contributed by atoms with Crippen molar-refractivity contribution in [2.45, 2.75) is 70.9 Å². The van der Waals surface area contributed by atoms with Gasteiger partial charge in [-0.2, -0.15) is 10.1 Å². The molecular formula is C19H27ClN6O. The fourth-order valence-corrected chi connectivity index (χ4v) is 3.65. The van der Waals surface area contributed by atoms with Crippen LogP contribution in [0.15, 0.2) is 16.8 Å². The number of aromatic nitrogens is 5. The van der Waals surface area contributed by atoms with Crippen LogP contribution in [-0.4, -0.2) is 24.9 Å². The molecule has 3 heterocycles. The van der Waals surface area contributed by atoms with E-state index in [0.29, 0.717) is 11.7 Å². The molecule has 1 aliphatic rings. The highest BCUT2D eigenvalue weighted by atomic mass is 35.5. The molecule has 8 heteroatoms. The predicted octanol–water partition coefficient (Wildman–Crippen LogP) is 4.34. The lowest BCUT2D eigenvalue weighted by Gasteiger charge is -2.17. The summed E-state index contributed by atoms with van der Waals surface area (Å²) in [5.41, 5.74) is 8.75. The predicted molar refractivity (Wildman–Crippen MR) is 107 cm³/mol. The van der Waals surface area contributed by atoms with Crippen LogP contribution in [0.3, 0.4) is 0 Å². The van der Waals surface area contributed by atoms with Crippen molar-refractivity contribution >= 4 is 23.4 Å². The maximum absolute atomic E-state index is 6.49. The fraction of sp³-hybridized carbons (Fsp3) is 0.579. The van der Waals surface area contributed by atoms with Crippen LogP contribution in [0.4, 0.5) is 0 Å². The molecule has 0 aliphatic heterocycles. The van der Waals surface area contributed by atoms with E-state index in [1.54, 1.807) is 0 Å². The smallest absolute Gasteiger partial charge is 0.258 e. The summed E-state index contributed by atoms with van der Waals surface area (Å²) in [6, 6.07) is 2.26. The topological polar surface area (TPSA) is 95.6 Å². The number of rotatable bonds is 4. The third kappa shape index (κ3) is 3.34. The van der Waals surface area contributed by atoms with Gasteiger partial charge in [-0.1, -0.05) is 31.8 Å². The summed E-state index contributed by atoms with van der Waals surface area (Å²) in [7, 11) is 0. The summed E-state index contributed by atoms with van der Waals surface area (Å²) in [6.45, 7) is 8.44. The zero-order valence-corrected chi connectivity index (χ0v) is 17.1. The van der Waals surface area contributed by atoms with Gasteiger partial charge >= 0.3 is 0 Å². The van der Waals surface area contributed by atoms with Crippen molar-refractivity contribution < 1.29 is 4.52 Å². The van der Waals surface area contributed by atoms with E-state index in [9.17, 15) is 0 Å². The molecule has 0 unspecified atom stereocenters. The second-order valence-corrected chi connectivity index (χ2v) is 7.96. The van der Waals surface area contributed by atoms with E-state index >= 15 is 0 Å². The van der Waals surface area contributed by atoms with Crippen molar-refractivity contribution in [1.29, 1.82) is 0 Å². The van der Waals surface area contributed by atoms with Crippen LogP contribution in [0.5, 0.6) is 0 Å². The van der Waals surface area contributed by atoms with Gasteiger partial charge in [0.25, 0.3) is 5.89 Å². The Bertz CT molecular complexity index is 939. The lowest BCUT2D eigenvalue weighted by molar-refractivity contribution is 0.373.